The second kappa shape index (κ2) is 4.99. The zero-order valence-corrected chi connectivity index (χ0v) is 10.6. The number of carbonyl (C=O) groups excluding carboxylic acids is 1. The second-order valence-corrected chi connectivity index (χ2v) is 5.01. The van der Waals surface area contributed by atoms with Crippen molar-refractivity contribution in [2.75, 3.05) is 5.32 Å². The molecule has 0 atom stereocenters. The monoisotopic (exact) mass is 234 g/mol. The van der Waals surface area contributed by atoms with Crippen molar-refractivity contribution in [1.29, 1.82) is 0 Å². The first-order valence-electron chi connectivity index (χ1n) is 5.44. The maximum atomic E-state index is 11.2. The molecule has 4 nitrogen and oxygen atoms in total. The first-order chi connectivity index (χ1) is 7.84. The van der Waals surface area contributed by atoms with Crippen LogP contribution in [0.2, 0.25) is 0 Å². The molecule has 0 aromatic heterocycles. The van der Waals surface area contributed by atoms with Crippen LogP contribution in [0.3, 0.4) is 0 Å². The van der Waals surface area contributed by atoms with Crippen LogP contribution in [0.5, 0.6) is 0 Å². The van der Waals surface area contributed by atoms with Gasteiger partial charge in [-0.1, -0.05) is 38.1 Å². The minimum absolute atomic E-state index is 0.0832. The summed E-state index contributed by atoms with van der Waals surface area (Å²) in [5.74, 6) is -0.445. The Hall–Kier alpha value is -1.84. The molecule has 1 aromatic rings. The van der Waals surface area contributed by atoms with E-state index >= 15 is 0 Å². The topological polar surface area (TPSA) is 61.7 Å². The van der Waals surface area contributed by atoms with Crippen LogP contribution >= 0.6 is 0 Å². The standard InChI is InChI=1S/C13H18N2O2/c1-9-7-10(13(2,3)4)5-6-11(9)15-12(16)8-14-17/h5-8,17H,1-4H3,(H,15,16)/b14-8+. The molecule has 0 bridgehead atoms. The van der Waals surface area contributed by atoms with Gasteiger partial charge in [0.05, 0.1) is 0 Å². The zero-order chi connectivity index (χ0) is 13.1. The molecule has 0 saturated heterocycles. The Morgan fingerprint density at radius 1 is 1.41 bits per heavy atom. The van der Waals surface area contributed by atoms with Crippen molar-refractivity contribution in [1.82, 2.24) is 0 Å². The van der Waals surface area contributed by atoms with Gasteiger partial charge in [-0.15, -0.1) is 0 Å². The molecule has 0 aliphatic heterocycles. The average Bonchev–Trinajstić information content (AvgIpc) is 2.20. The fourth-order valence-corrected chi connectivity index (χ4v) is 1.49. The normalized spacial score (nSPS) is 11.8. The Balaban J connectivity index is 2.95. The second-order valence-electron chi connectivity index (χ2n) is 5.01. The summed E-state index contributed by atoms with van der Waals surface area (Å²) in [7, 11) is 0. The number of amides is 1. The molecule has 0 spiro atoms. The van der Waals surface area contributed by atoms with E-state index in [1.165, 1.54) is 5.56 Å². The molecule has 0 radical (unpaired) electrons. The van der Waals surface area contributed by atoms with Gasteiger partial charge in [0.15, 0.2) is 0 Å². The maximum absolute atomic E-state index is 11.2. The molecule has 0 fully saturated rings. The molecule has 0 aliphatic rings. The molecule has 0 saturated carbocycles. The van der Waals surface area contributed by atoms with Crippen LogP contribution < -0.4 is 5.32 Å². The minimum atomic E-state index is -0.445. The predicted molar refractivity (Wildman–Crippen MR) is 68.8 cm³/mol. The molecule has 17 heavy (non-hydrogen) atoms. The SMILES string of the molecule is Cc1cc(C(C)(C)C)ccc1NC(=O)/C=N/O. The average molecular weight is 234 g/mol. The lowest BCUT2D eigenvalue weighted by atomic mass is 9.86. The van der Waals surface area contributed by atoms with Gasteiger partial charge in [0.1, 0.15) is 6.21 Å². The third-order valence-electron chi connectivity index (χ3n) is 2.53. The van der Waals surface area contributed by atoms with E-state index in [-0.39, 0.29) is 5.41 Å². The molecular formula is C13H18N2O2. The first-order valence-corrected chi connectivity index (χ1v) is 5.44. The molecule has 1 aromatic carbocycles. The van der Waals surface area contributed by atoms with Crippen molar-refractivity contribution in [3.8, 4) is 0 Å². The lowest BCUT2D eigenvalue weighted by molar-refractivity contribution is -0.110. The van der Waals surface area contributed by atoms with E-state index in [9.17, 15) is 4.79 Å². The lowest BCUT2D eigenvalue weighted by Crippen LogP contribution is -2.15. The van der Waals surface area contributed by atoms with Gasteiger partial charge < -0.3 is 10.5 Å². The number of nitrogens with one attached hydrogen (secondary N) is 1. The van der Waals surface area contributed by atoms with E-state index in [0.717, 1.165) is 17.5 Å². The van der Waals surface area contributed by atoms with Crippen molar-refractivity contribution in [2.45, 2.75) is 33.1 Å². The number of rotatable bonds is 2. The van der Waals surface area contributed by atoms with Crippen LogP contribution in [0, 0.1) is 6.92 Å². The Bertz CT molecular complexity index is 445. The third kappa shape index (κ3) is 3.59. The number of carbonyl (C=O) groups is 1. The highest BCUT2D eigenvalue weighted by atomic mass is 16.4. The van der Waals surface area contributed by atoms with Gasteiger partial charge in [-0.05, 0) is 29.5 Å². The molecule has 92 valence electrons. The molecule has 2 N–H and O–H groups in total. The fourth-order valence-electron chi connectivity index (χ4n) is 1.49. The first kappa shape index (κ1) is 13.2. The van der Waals surface area contributed by atoms with Gasteiger partial charge >= 0.3 is 0 Å². The van der Waals surface area contributed by atoms with Gasteiger partial charge in [-0.2, -0.15) is 0 Å². The van der Waals surface area contributed by atoms with Crippen molar-refractivity contribution < 1.29 is 10.0 Å². The Morgan fingerprint density at radius 2 is 2.06 bits per heavy atom. The number of hydrogen-bond acceptors (Lipinski definition) is 3. The van der Waals surface area contributed by atoms with Crippen LogP contribution in [0.15, 0.2) is 23.4 Å². The van der Waals surface area contributed by atoms with Crippen LogP contribution in [-0.4, -0.2) is 17.3 Å². The predicted octanol–water partition coefficient (Wildman–Crippen LogP) is 2.69. The summed E-state index contributed by atoms with van der Waals surface area (Å²) in [6, 6.07) is 5.89. The summed E-state index contributed by atoms with van der Waals surface area (Å²) in [4.78, 5) is 11.2. The van der Waals surface area contributed by atoms with Crippen LogP contribution in [0.25, 0.3) is 0 Å². The van der Waals surface area contributed by atoms with Gasteiger partial charge in [0.25, 0.3) is 5.91 Å². The summed E-state index contributed by atoms with van der Waals surface area (Å²) in [6.45, 7) is 8.34. The molecule has 0 aliphatic carbocycles. The minimum Gasteiger partial charge on any atom is -0.411 e. The zero-order valence-electron chi connectivity index (χ0n) is 10.6. The summed E-state index contributed by atoms with van der Waals surface area (Å²) in [5.41, 5.74) is 3.00. The van der Waals surface area contributed by atoms with E-state index in [1.54, 1.807) is 0 Å². The Kier molecular flexibility index (Phi) is 3.89. The van der Waals surface area contributed by atoms with E-state index in [4.69, 9.17) is 5.21 Å². The number of aryl methyl sites for hydroxylation is 1. The fraction of sp³-hybridized carbons (Fsp3) is 0.385. The van der Waals surface area contributed by atoms with Gasteiger partial charge in [0, 0.05) is 5.69 Å². The summed E-state index contributed by atoms with van der Waals surface area (Å²) in [6.07, 6.45) is 0.830. The highest BCUT2D eigenvalue weighted by molar-refractivity contribution is 6.31. The summed E-state index contributed by atoms with van der Waals surface area (Å²) < 4.78 is 0. The highest BCUT2D eigenvalue weighted by Gasteiger charge is 2.14. The number of nitrogens with zero attached hydrogens (tertiary/aromatic N) is 1. The van der Waals surface area contributed by atoms with Crippen LogP contribution in [0.4, 0.5) is 5.69 Å². The van der Waals surface area contributed by atoms with E-state index < -0.39 is 5.91 Å². The highest BCUT2D eigenvalue weighted by Crippen LogP contribution is 2.26. The smallest absolute Gasteiger partial charge is 0.270 e. The largest absolute Gasteiger partial charge is 0.411 e. The molecule has 4 heteroatoms. The van der Waals surface area contributed by atoms with E-state index in [0.29, 0.717) is 0 Å². The van der Waals surface area contributed by atoms with E-state index in [2.05, 4.69) is 31.2 Å². The third-order valence-corrected chi connectivity index (χ3v) is 2.53. The number of anilines is 1. The summed E-state index contributed by atoms with van der Waals surface area (Å²) >= 11 is 0. The summed E-state index contributed by atoms with van der Waals surface area (Å²) in [5, 5.41) is 13.6. The van der Waals surface area contributed by atoms with Crippen molar-refractivity contribution >= 4 is 17.8 Å². The van der Waals surface area contributed by atoms with Gasteiger partial charge in [-0.25, -0.2) is 0 Å². The van der Waals surface area contributed by atoms with Crippen molar-refractivity contribution in [3.63, 3.8) is 0 Å². The number of oxime groups is 1. The molecular weight excluding hydrogens is 216 g/mol. The molecule has 0 heterocycles. The van der Waals surface area contributed by atoms with Gasteiger partial charge in [0.2, 0.25) is 0 Å². The molecule has 1 rings (SSSR count). The van der Waals surface area contributed by atoms with Crippen LogP contribution in [-0.2, 0) is 10.2 Å². The lowest BCUT2D eigenvalue weighted by Gasteiger charge is -2.20. The van der Waals surface area contributed by atoms with E-state index in [1.807, 2.05) is 25.1 Å². The van der Waals surface area contributed by atoms with Crippen molar-refractivity contribution in [3.05, 3.63) is 29.3 Å². The number of benzene rings is 1. The van der Waals surface area contributed by atoms with Gasteiger partial charge in [-0.3, -0.25) is 4.79 Å². The Labute approximate surface area is 101 Å². The quantitative estimate of drug-likeness (QED) is 0.469. The molecule has 1 amide bonds. The Morgan fingerprint density at radius 3 is 2.53 bits per heavy atom. The molecule has 0 unspecified atom stereocenters. The number of hydrogen-bond donors (Lipinski definition) is 2. The van der Waals surface area contributed by atoms with Crippen molar-refractivity contribution in [2.24, 2.45) is 5.16 Å². The maximum Gasteiger partial charge on any atom is 0.270 e. The van der Waals surface area contributed by atoms with Crippen LogP contribution in [0.1, 0.15) is 31.9 Å².